The van der Waals surface area contributed by atoms with Gasteiger partial charge in [0.1, 0.15) is 5.75 Å². The van der Waals surface area contributed by atoms with Gasteiger partial charge < -0.3 is 14.0 Å². The second kappa shape index (κ2) is 5.84. The molecular weight excluding hydrogens is 244 g/mol. The predicted octanol–water partition coefficient (Wildman–Crippen LogP) is 2.54. The highest BCUT2D eigenvalue weighted by Gasteiger charge is 2.21. The molecule has 0 radical (unpaired) electrons. The van der Waals surface area contributed by atoms with Crippen molar-refractivity contribution in [3.63, 3.8) is 0 Å². The van der Waals surface area contributed by atoms with Crippen molar-refractivity contribution in [1.29, 1.82) is 0 Å². The maximum absolute atomic E-state index is 5.58. The van der Waals surface area contributed by atoms with Crippen molar-refractivity contribution in [1.82, 2.24) is 10.1 Å². The zero-order chi connectivity index (χ0) is 12.9. The van der Waals surface area contributed by atoms with E-state index in [-0.39, 0.29) is 0 Å². The highest BCUT2D eigenvalue weighted by molar-refractivity contribution is 5.20. The molecule has 100 valence electrons. The molecule has 0 bridgehead atoms. The fourth-order valence-corrected chi connectivity index (χ4v) is 2.10. The number of rotatable bonds is 4. The fraction of sp³-hybridized carbons (Fsp3) is 0.429. The zero-order valence-corrected chi connectivity index (χ0v) is 10.6. The third-order valence-electron chi connectivity index (χ3n) is 3.17. The Bertz CT molecular complexity index is 506. The topological polar surface area (TPSA) is 57.4 Å². The van der Waals surface area contributed by atoms with Gasteiger partial charge in [0, 0.05) is 19.1 Å². The molecule has 1 aromatic carbocycles. The lowest BCUT2D eigenvalue weighted by molar-refractivity contribution is 0.0778. The van der Waals surface area contributed by atoms with E-state index in [0.717, 1.165) is 31.8 Å². The summed E-state index contributed by atoms with van der Waals surface area (Å²) in [6.07, 6.45) is 1.89. The molecule has 0 amide bonds. The molecule has 0 aliphatic carbocycles. The molecule has 0 atom stereocenters. The Morgan fingerprint density at radius 2 is 1.95 bits per heavy atom. The maximum Gasteiger partial charge on any atom is 0.230 e. The average molecular weight is 260 g/mol. The zero-order valence-electron chi connectivity index (χ0n) is 10.6. The SMILES string of the molecule is c1ccc(OCc2noc(C3CCOCC3)n2)cc1. The van der Waals surface area contributed by atoms with Crippen LogP contribution in [0.25, 0.3) is 0 Å². The number of hydrogen-bond acceptors (Lipinski definition) is 5. The molecule has 0 N–H and O–H groups in total. The minimum atomic E-state index is 0.326. The molecule has 1 aliphatic heterocycles. The molecule has 1 saturated heterocycles. The van der Waals surface area contributed by atoms with E-state index in [2.05, 4.69) is 10.1 Å². The Hall–Kier alpha value is -1.88. The van der Waals surface area contributed by atoms with Gasteiger partial charge in [-0.25, -0.2) is 0 Å². The Kier molecular flexibility index (Phi) is 3.74. The molecule has 19 heavy (non-hydrogen) atoms. The van der Waals surface area contributed by atoms with Crippen LogP contribution in [0.1, 0.15) is 30.5 Å². The van der Waals surface area contributed by atoms with Crippen LogP contribution in [0, 0.1) is 0 Å². The fourth-order valence-electron chi connectivity index (χ4n) is 2.10. The first-order chi connectivity index (χ1) is 9.42. The minimum absolute atomic E-state index is 0.326. The van der Waals surface area contributed by atoms with Crippen molar-refractivity contribution in [3.8, 4) is 5.75 Å². The molecule has 5 nitrogen and oxygen atoms in total. The van der Waals surface area contributed by atoms with Crippen LogP contribution in [0.3, 0.4) is 0 Å². The molecule has 1 aliphatic rings. The molecule has 0 unspecified atom stereocenters. The monoisotopic (exact) mass is 260 g/mol. The van der Waals surface area contributed by atoms with Crippen molar-refractivity contribution in [3.05, 3.63) is 42.0 Å². The summed E-state index contributed by atoms with van der Waals surface area (Å²) in [5.41, 5.74) is 0. The lowest BCUT2D eigenvalue weighted by atomic mass is 10.0. The molecule has 2 aromatic rings. The molecule has 0 saturated carbocycles. The van der Waals surface area contributed by atoms with Gasteiger partial charge >= 0.3 is 0 Å². The number of benzene rings is 1. The summed E-state index contributed by atoms with van der Waals surface area (Å²) in [6, 6.07) is 9.61. The van der Waals surface area contributed by atoms with Crippen molar-refractivity contribution in [2.75, 3.05) is 13.2 Å². The van der Waals surface area contributed by atoms with Crippen LogP contribution in [-0.4, -0.2) is 23.4 Å². The Balaban J connectivity index is 1.58. The largest absolute Gasteiger partial charge is 0.485 e. The van der Waals surface area contributed by atoms with Crippen molar-refractivity contribution in [2.24, 2.45) is 0 Å². The van der Waals surface area contributed by atoms with Gasteiger partial charge in [0.25, 0.3) is 0 Å². The summed E-state index contributed by atoms with van der Waals surface area (Å²) < 4.78 is 16.2. The maximum atomic E-state index is 5.58. The first-order valence-corrected chi connectivity index (χ1v) is 6.50. The van der Waals surface area contributed by atoms with E-state index >= 15 is 0 Å². The highest BCUT2D eigenvalue weighted by Crippen LogP contribution is 2.25. The van der Waals surface area contributed by atoms with Crippen LogP contribution in [-0.2, 0) is 11.3 Å². The van der Waals surface area contributed by atoms with Crippen LogP contribution in [0.5, 0.6) is 5.75 Å². The molecule has 1 aromatic heterocycles. The third kappa shape index (κ3) is 3.12. The number of para-hydroxylation sites is 1. The van der Waals surface area contributed by atoms with E-state index < -0.39 is 0 Å². The van der Waals surface area contributed by atoms with Gasteiger partial charge in [0.2, 0.25) is 11.7 Å². The van der Waals surface area contributed by atoms with Crippen LogP contribution in [0.15, 0.2) is 34.9 Å². The van der Waals surface area contributed by atoms with Crippen LogP contribution < -0.4 is 4.74 Å². The van der Waals surface area contributed by atoms with E-state index in [1.54, 1.807) is 0 Å². The number of ether oxygens (including phenoxy) is 2. The van der Waals surface area contributed by atoms with E-state index in [4.69, 9.17) is 14.0 Å². The summed E-state index contributed by atoms with van der Waals surface area (Å²) in [5, 5.41) is 3.95. The Labute approximate surface area is 111 Å². The second-order valence-corrected chi connectivity index (χ2v) is 4.54. The van der Waals surface area contributed by atoms with Gasteiger partial charge in [-0.3, -0.25) is 0 Å². The first-order valence-electron chi connectivity index (χ1n) is 6.50. The molecule has 2 heterocycles. The Morgan fingerprint density at radius 1 is 1.16 bits per heavy atom. The van der Waals surface area contributed by atoms with Crippen molar-refractivity contribution < 1.29 is 14.0 Å². The van der Waals surface area contributed by atoms with Gasteiger partial charge in [-0.15, -0.1) is 0 Å². The standard InChI is InChI=1S/C14H16N2O3/c1-2-4-12(5-3-1)18-10-13-15-14(19-16-13)11-6-8-17-9-7-11/h1-5,11H,6-10H2. The van der Waals surface area contributed by atoms with Crippen LogP contribution in [0.2, 0.25) is 0 Å². The van der Waals surface area contributed by atoms with Gasteiger partial charge in [-0.1, -0.05) is 23.4 Å². The van der Waals surface area contributed by atoms with E-state index in [1.165, 1.54) is 0 Å². The van der Waals surface area contributed by atoms with Crippen molar-refractivity contribution in [2.45, 2.75) is 25.4 Å². The lowest BCUT2D eigenvalue weighted by Gasteiger charge is -2.17. The van der Waals surface area contributed by atoms with Crippen LogP contribution >= 0.6 is 0 Å². The third-order valence-corrected chi connectivity index (χ3v) is 3.17. The summed E-state index contributed by atoms with van der Waals surface area (Å²) in [6.45, 7) is 1.86. The predicted molar refractivity (Wildman–Crippen MR) is 67.9 cm³/mol. The average Bonchev–Trinajstić information content (AvgIpc) is 2.96. The number of nitrogens with zero attached hydrogens (tertiary/aromatic N) is 2. The second-order valence-electron chi connectivity index (χ2n) is 4.54. The van der Waals surface area contributed by atoms with E-state index in [0.29, 0.717) is 24.2 Å². The summed E-state index contributed by atoms with van der Waals surface area (Å²) >= 11 is 0. The lowest BCUT2D eigenvalue weighted by Crippen LogP contribution is -2.14. The van der Waals surface area contributed by atoms with E-state index in [1.807, 2.05) is 30.3 Å². The number of aromatic nitrogens is 2. The summed E-state index contributed by atoms with van der Waals surface area (Å²) in [4.78, 5) is 4.39. The molecule has 0 spiro atoms. The molecule has 3 rings (SSSR count). The minimum Gasteiger partial charge on any atom is -0.485 e. The quantitative estimate of drug-likeness (QED) is 0.845. The smallest absolute Gasteiger partial charge is 0.230 e. The first kappa shape index (κ1) is 12.2. The Morgan fingerprint density at radius 3 is 2.74 bits per heavy atom. The summed E-state index contributed by atoms with van der Waals surface area (Å²) in [5.74, 6) is 2.42. The molecule has 5 heteroatoms. The van der Waals surface area contributed by atoms with Crippen LogP contribution in [0.4, 0.5) is 0 Å². The van der Waals surface area contributed by atoms with Gasteiger partial charge in [-0.05, 0) is 25.0 Å². The molecule has 1 fully saturated rings. The van der Waals surface area contributed by atoms with Gasteiger partial charge in [0.05, 0.1) is 0 Å². The van der Waals surface area contributed by atoms with Gasteiger partial charge in [0.15, 0.2) is 6.61 Å². The van der Waals surface area contributed by atoms with E-state index in [9.17, 15) is 0 Å². The molecular formula is C14H16N2O3. The highest BCUT2D eigenvalue weighted by atomic mass is 16.5. The normalized spacial score (nSPS) is 16.4. The number of hydrogen-bond donors (Lipinski definition) is 0. The van der Waals surface area contributed by atoms with Crippen molar-refractivity contribution >= 4 is 0 Å². The summed E-state index contributed by atoms with van der Waals surface area (Å²) in [7, 11) is 0. The van der Waals surface area contributed by atoms with Gasteiger partial charge in [-0.2, -0.15) is 4.98 Å².